The number of rotatable bonds is 10. The van der Waals surface area contributed by atoms with Gasteiger partial charge in [0.05, 0.1) is 6.04 Å². The number of nitrogens with zero attached hydrogens (tertiary/aromatic N) is 1. The Bertz CT molecular complexity index is 885. The van der Waals surface area contributed by atoms with E-state index in [0.717, 1.165) is 19.3 Å². The molecule has 1 saturated heterocycles. The topological polar surface area (TPSA) is 151 Å². The number of ketones is 1. The van der Waals surface area contributed by atoms with E-state index in [-0.39, 0.29) is 17.7 Å². The number of likely N-dealkylation sites (tertiary alicyclic amines) is 1. The van der Waals surface area contributed by atoms with Crippen LogP contribution in [0.5, 0.6) is 0 Å². The van der Waals surface area contributed by atoms with Gasteiger partial charge in [-0.1, -0.05) is 47.5 Å². The molecule has 210 valence electrons. The van der Waals surface area contributed by atoms with Crippen LogP contribution in [0.4, 0.5) is 4.79 Å². The predicted molar refractivity (Wildman–Crippen MR) is 141 cm³/mol. The van der Waals surface area contributed by atoms with E-state index < -0.39 is 52.7 Å². The Labute approximate surface area is 221 Å². The molecular weight excluding hydrogens is 474 g/mol. The minimum absolute atomic E-state index is 0.0931. The van der Waals surface area contributed by atoms with Crippen LogP contribution < -0.4 is 21.7 Å². The first-order valence-corrected chi connectivity index (χ1v) is 13.5. The predicted octanol–water partition coefficient (Wildman–Crippen LogP) is 2.10. The average molecular weight is 522 g/mol. The molecule has 0 aromatic carbocycles. The Hall–Kier alpha value is -2.65. The molecule has 1 aliphatic carbocycles. The third-order valence-electron chi connectivity index (χ3n) is 7.17. The number of hydrogen-bond donors (Lipinski definition) is 4. The average Bonchev–Trinajstić information content (AvgIpc) is 3.46. The number of amides is 5. The van der Waals surface area contributed by atoms with Gasteiger partial charge in [-0.2, -0.15) is 0 Å². The van der Waals surface area contributed by atoms with Gasteiger partial charge in [0.25, 0.3) is 5.91 Å². The van der Waals surface area contributed by atoms with Crippen molar-refractivity contribution in [1.29, 1.82) is 0 Å². The minimum atomic E-state index is -1.08. The summed E-state index contributed by atoms with van der Waals surface area (Å²) in [5.74, 6) is -2.26. The smallest absolute Gasteiger partial charge is 0.315 e. The maximum absolute atomic E-state index is 13.9. The van der Waals surface area contributed by atoms with E-state index in [1.807, 2.05) is 55.4 Å². The van der Waals surface area contributed by atoms with Crippen molar-refractivity contribution in [2.24, 2.45) is 28.9 Å². The largest absolute Gasteiger partial charge is 0.363 e. The molecular formula is C27H47N5O5. The van der Waals surface area contributed by atoms with Crippen LogP contribution in [-0.4, -0.2) is 64.6 Å². The molecule has 10 heteroatoms. The van der Waals surface area contributed by atoms with Gasteiger partial charge in [0, 0.05) is 12.1 Å². The molecule has 5 amide bonds. The lowest BCUT2D eigenvalue weighted by Crippen LogP contribution is -2.61. The number of carbonyl (C=O) groups excluding carboxylic acids is 5. The molecule has 2 unspecified atom stereocenters. The molecule has 2 rings (SSSR count). The summed E-state index contributed by atoms with van der Waals surface area (Å²) in [6, 6.07) is -3.18. The summed E-state index contributed by atoms with van der Waals surface area (Å²) in [4.78, 5) is 65.9. The van der Waals surface area contributed by atoms with Crippen molar-refractivity contribution in [3.05, 3.63) is 0 Å². The molecule has 1 heterocycles. The summed E-state index contributed by atoms with van der Waals surface area (Å²) in [6.45, 7) is 15.5. The Kier molecular flexibility index (Phi) is 9.76. The zero-order chi connectivity index (χ0) is 28.3. The van der Waals surface area contributed by atoms with E-state index in [9.17, 15) is 24.0 Å². The standard InChI is InChI=1S/C27H47N5O5/c1-15(2)17-13-14-32(24(36)21(26(3,4)5)30-25(37)31-27(6,7)8)19(17)23(35)29-18(20(33)22(28)34)12-11-16-9-10-16/h15-19,21H,9-14H2,1-8H3,(H2,28,34)(H,29,35)(H2,30,31,37)/t17-,18?,19+,21?/m1/s1. The fourth-order valence-electron chi connectivity index (χ4n) is 4.93. The number of nitrogens with one attached hydrogen (secondary N) is 3. The van der Waals surface area contributed by atoms with E-state index in [0.29, 0.717) is 25.3 Å². The van der Waals surface area contributed by atoms with Crippen LogP contribution in [0, 0.1) is 23.2 Å². The number of carbonyl (C=O) groups is 5. The molecule has 2 aliphatic rings. The maximum Gasteiger partial charge on any atom is 0.315 e. The van der Waals surface area contributed by atoms with Crippen molar-refractivity contribution < 1.29 is 24.0 Å². The SMILES string of the molecule is CC(C)[C@H]1CCN(C(=O)C(NC(=O)NC(C)(C)C)C(C)(C)C)[C@@H]1C(=O)NC(CCC1CC1)C(=O)C(N)=O. The molecule has 1 aliphatic heterocycles. The van der Waals surface area contributed by atoms with Gasteiger partial charge in [0.2, 0.25) is 17.6 Å². The molecule has 0 bridgehead atoms. The quantitative estimate of drug-likeness (QED) is 0.325. The molecule has 0 aromatic heterocycles. The monoisotopic (exact) mass is 521 g/mol. The molecule has 0 radical (unpaired) electrons. The zero-order valence-electron chi connectivity index (χ0n) is 23.8. The van der Waals surface area contributed by atoms with Crippen molar-refractivity contribution in [3.8, 4) is 0 Å². The first-order chi connectivity index (χ1) is 16.9. The fraction of sp³-hybridized carbons (Fsp3) is 0.815. The summed E-state index contributed by atoms with van der Waals surface area (Å²) in [6.07, 6.45) is 3.84. The third kappa shape index (κ3) is 8.71. The zero-order valence-corrected chi connectivity index (χ0v) is 23.8. The van der Waals surface area contributed by atoms with Crippen LogP contribution in [0.1, 0.15) is 87.5 Å². The molecule has 37 heavy (non-hydrogen) atoms. The highest BCUT2D eigenvalue weighted by Gasteiger charge is 2.47. The first-order valence-electron chi connectivity index (χ1n) is 13.5. The van der Waals surface area contributed by atoms with Crippen LogP contribution in [-0.2, 0) is 19.2 Å². The number of urea groups is 1. The first kappa shape index (κ1) is 30.6. The Morgan fingerprint density at radius 3 is 2.00 bits per heavy atom. The van der Waals surface area contributed by atoms with Crippen molar-refractivity contribution >= 4 is 29.5 Å². The van der Waals surface area contributed by atoms with Gasteiger partial charge in [-0.25, -0.2) is 4.79 Å². The summed E-state index contributed by atoms with van der Waals surface area (Å²) in [5, 5.41) is 8.40. The summed E-state index contributed by atoms with van der Waals surface area (Å²) < 4.78 is 0. The lowest BCUT2D eigenvalue weighted by Gasteiger charge is -2.37. The highest BCUT2D eigenvalue weighted by Crippen LogP contribution is 2.35. The molecule has 0 aromatic rings. The molecule has 4 atom stereocenters. The van der Waals surface area contributed by atoms with Gasteiger partial charge in [0.15, 0.2) is 0 Å². The van der Waals surface area contributed by atoms with Crippen LogP contribution in [0.3, 0.4) is 0 Å². The van der Waals surface area contributed by atoms with Gasteiger partial charge in [-0.3, -0.25) is 19.2 Å². The van der Waals surface area contributed by atoms with Crippen LogP contribution in [0.2, 0.25) is 0 Å². The second-order valence-corrected chi connectivity index (χ2v) is 13.1. The highest BCUT2D eigenvalue weighted by molar-refractivity contribution is 6.37. The summed E-state index contributed by atoms with van der Waals surface area (Å²) >= 11 is 0. The number of Topliss-reactive ketones (excluding diaryl/α,β-unsaturated/α-hetero) is 1. The highest BCUT2D eigenvalue weighted by atomic mass is 16.2. The second kappa shape index (κ2) is 11.8. The maximum atomic E-state index is 13.9. The van der Waals surface area contributed by atoms with Crippen molar-refractivity contribution in [2.45, 2.75) is 111 Å². The summed E-state index contributed by atoms with van der Waals surface area (Å²) in [5.41, 5.74) is 4.15. The molecule has 2 fully saturated rings. The van der Waals surface area contributed by atoms with E-state index in [2.05, 4.69) is 16.0 Å². The normalized spacial score (nSPS) is 21.8. The van der Waals surface area contributed by atoms with Gasteiger partial charge in [0.1, 0.15) is 12.1 Å². The molecule has 5 N–H and O–H groups in total. The third-order valence-corrected chi connectivity index (χ3v) is 7.17. The molecule has 10 nitrogen and oxygen atoms in total. The van der Waals surface area contributed by atoms with Crippen LogP contribution >= 0.6 is 0 Å². The van der Waals surface area contributed by atoms with Crippen LogP contribution in [0.25, 0.3) is 0 Å². The number of primary amides is 1. The van der Waals surface area contributed by atoms with Gasteiger partial charge in [-0.05, 0) is 63.2 Å². The Morgan fingerprint density at radius 2 is 1.54 bits per heavy atom. The fourth-order valence-corrected chi connectivity index (χ4v) is 4.93. The Balaban J connectivity index is 2.30. The molecule has 1 saturated carbocycles. The number of nitrogens with two attached hydrogens (primary N) is 1. The van der Waals surface area contributed by atoms with Crippen molar-refractivity contribution in [2.75, 3.05) is 6.54 Å². The molecule has 0 spiro atoms. The van der Waals surface area contributed by atoms with E-state index in [1.165, 1.54) is 4.90 Å². The van der Waals surface area contributed by atoms with E-state index >= 15 is 0 Å². The van der Waals surface area contributed by atoms with Crippen LogP contribution in [0.15, 0.2) is 0 Å². The van der Waals surface area contributed by atoms with Gasteiger partial charge >= 0.3 is 6.03 Å². The van der Waals surface area contributed by atoms with E-state index in [1.54, 1.807) is 0 Å². The van der Waals surface area contributed by atoms with Gasteiger partial charge in [-0.15, -0.1) is 0 Å². The van der Waals surface area contributed by atoms with Crippen molar-refractivity contribution in [3.63, 3.8) is 0 Å². The van der Waals surface area contributed by atoms with E-state index in [4.69, 9.17) is 5.73 Å². The minimum Gasteiger partial charge on any atom is -0.363 e. The Morgan fingerprint density at radius 1 is 0.946 bits per heavy atom. The lowest BCUT2D eigenvalue weighted by atomic mass is 9.84. The second-order valence-electron chi connectivity index (χ2n) is 13.1. The van der Waals surface area contributed by atoms with Gasteiger partial charge < -0.3 is 26.6 Å². The summed E-state index contributed by atoms with van der Waals surface area (Å²) in [7, 11) is 0. The van der Waals surface area contributed by atoms with Crippen molar-refractivity contribution in [1.82, 2.24) is 20.9 Å². The number of hydrogen-bond acceptors (Lipinski definition) is 5. The lowest BCUT2D eigenvalue weighted by molar-refractivity contribution is -0.144.